The molecule has 4 aromatic rings. The average molecular weight is 601 g/mol. The molecule has 3 aromatic carbocycles. The summed E-state index contributed by atoms with van der Waals surface area (Å²) < 4.78 is 28.9. The minimum Gasteiger partial charge on any atom is -0.477 e. The van der Waals surface area contributed by atoms with Crippen LogP contribution in [0.1, 0.15) is 40.2 Å². The van der Waals surface area contributed by atoms with E-state index in [2.05, 4.69) is 26.0 Å². The fourth-order valence-electron chi connectivity index (χ4n) is 4.44. The smallest absolute Gasteiger partial charge is 0.352 e. The van der Waals surface area contributed by atoms with Gasteiger partial charge in [0, 0.05) is 34.5 Å². The molecule has 2 unspecified atom stereocenters. The molecule has 0 bridgehead atoms. The van der Waals surface area contributed by atoms with Gasteiger partial charge in [-0.15, -0.1) is 0 Å². The number of nitrogens with one attached hydrogen (secondary N) is 2. The van der Waals surface area contributed by atoms with E-state index in [1.807, 2.05) is 49.4 Å². The molecule has 0 radical (unpaired) electrons. The quantitative estimate of drug-likeness (QED) is 0.204. The highest BCUT2D eigenvalue weighted by atomic mass is 79.9. The van der Waals surface area contributed by atoms with Crippen LogP contribution in [0.2, 0.25) is 0 Å². The van der Waals surface area contributed by atoms with Crippen LogP contribution in [0, 0.1) is 0 Å². The van der Waals surface area contributed by atoms with Crippen molar-refractivity contribution in [3.05, 3.63) is 99.7 Å². The number of aliphatic hydroxyl groups is 1. The van der Waals surface area contributed by atoms with Crippen molar-refractivity contribution >= 4 is 42.8 Å². The summed E-state index contributed by atoms with van der Waals surface area (Å²) in [5.74, 6) is -1.03. The molecule has 0 fully saturated rings. The molecule has 8 nitrogen and oxygen atoms in total. The molecule has 4 N–H and O–H groups in total. The summed E-state index contributed by atoms with van der Waals surface area (Å²) in [5, 5.41) is 24.5. The van der Waals surface area contributed by atoms with Crippen LogP contribution >= 0.6 is 15.9 Å². The molecule has 2 atom stereocenters. The van der Waals surface area contributed by atoms with Crippen LogP contribution in [0.15, 0.2) is 82.2 Å². The number of benzene rings is 3. The number of hydrogen-bond acceptors (Lipinski definition) is 5. The minimum absolute atomic E-state index is 0.0858. The maximum Gasteiger partial charge on any atom is 0.352 e. The number of rotatable bonds is 11. The lowest BCUT2D eigenvalue weighted by molar-refractivity contribution is 0.0686. The fraction of sp³-hybridized carbons (Fsp3) is 0.250. The summed E-state index contributed by atoms with van der Waals surface area (Å²) in [7, 11) is -2.19. The number of aliphatic hydroxyl groups excluding tert-OH is 1. The Morgan fingerprint density at radius 2 is 1.74 bits per heavy atom. The van der Waals surface area contributed by atoms with Crippen LogP contribution in [-0.4, -0.2) is 48.8 Å². The molecule has 0 saturated carbocycles. The zero-order valence-electron chi connectivity index (χ0n) is 21.1. The molecule has 1 aromatic heterocycles. The van der Waals surface area contributed by atoms with Gasteiger partial charge < -0.3 is 20.1 Å². The van der Waals surface area contributed by atoms with E-state index in [0.717, 1.165) is 32.1 Å². The predicted octanol–water partition coefficient (Wildman–Crippen LogP) is 4.31. The van der Waals surface area contributed by atoms with Crippen LogP contribution in [0.4, 0.5) is 0 Å². The zero-order valence-corrected chi connectivity index (χ0v) is 23.5. The standard InChI is InChI=1S/C28H30BrN3O5S/c1-18(31-16-27(33)21-4-3-5-23(29)14-21)12-20-8-11-25-22(13-20)15-26(28(34)35)32(25)17-19-6-9-24(10-7-19)38(36,37)30-2/h3-11,13-15,18,27,30-31,33H,12,16-17H2,1-2H3,(H,34,35). The molecule has 0 spiro atoms. The van der Waals surface area contributed by atoms with Crippen molar-refractivity contribution in [2.75, 3.05) is 13.6 Å². The molecule has 4 rings (SSSR count). The summed E-state index contributed by atoms with van der Waals surface area (Å²) in [6.07, 6.45) is 0.0767. The van der Waals surface area contributed by atoms with Gasteiger partial charge in [0.25, 0.3) is 0 Å². The number of aromatic carboxylic acids is 1. The van der Waals surface area contributed by atoms with Gasteiger partial charge in [0.15, 0.2) is 0 Å². The first kappa shape index (κ1) is 28.0. The van der Waals surface area contributed by atoms with Crippen LogP contribution < -0.4 is 10.0 Å². The number of halogens is 1. The Morgan fingerprint density at radius 1 is 1.03 bits per heavy atom. The normalized spacial score (nSPS) is 13.5. The lowest BCUT2D eigenvalue weighted by Crippen LogP contribution is -2.32. The lowest BCUT2D eigenvalue weighted by Gasteiger charge is -2.18. The Kier molecular flexibility index (Phi) is 8.69. The van der Waals surface area contributed by atoms with E-state index in [0.29, 0.717) is 13.0 Å². The Morgan fingerprint density at radius 3 is 2.39 bits per heavy atom. The van der Waals surface area contributed by atoms with E-state index < -0.39 is 22.1 Å². The van der Waals surface area contributed by atoms with Crippen molar-refractivity contribution in [3.8, 4) is 0 Å². The zero-order chi connectivity index (χ0) is 27.4. The van der Waals surface area contributed by atoms with Gasteiger partial charge in [0.1, 0.15) is 5.69 Å². The van der Waals surface area contributed by atoms with E-state index >= 15 is 0 Å². The van der Waals surface area contributed by atoms with Gasteiger partial charge in [0.05, 0.1) is 11.0 Å². The first-order valence-corrected chi connectivity index (χ1v) is 14.4. The molecule has 38 heavy (non-hydrogen) atoms. The highest BCUT2D eigenvalue weighted by molar-refractivity contribution is 9.10. The fourth-order valence-corrected chi connectivity index (χ4v) is 5.59. The SMILES string of the molecule is CNS(=O)(=O)c1ccc(Cn2c(C(=O)O)cc3cc(CC(C)NCC(O)c4cccc(Br)c4)ccc32)cc1. The first-order chi connectivity index (χ1) is 18.1. The molecular weight excluding hydrogens is 570 g/mol. The maximum atomic E-state index is 12.0. The van der Waals surface area contributed by atoms with Crippen molar-refractivity contribution in [2.45, 2.75) is 36.9 Å². The first-order valence-electron chi connectivity index (χ1n) is 12.1. The van der Waals surface area contributed by atoms with Crippen LogP contribution in [0.5, 0.6) is 0 Å². The largest absolute Gasteiger partial charge is 0.477 e. The van der Waals surface area contributed by atoms with E-state index in [4.69, 9.17) is 0 Å². The van der Waals surface area contributed by atoms with Gasteiger partial charge in [-0.25, -0.2) is 17.9 Å². The highest BCUT2D eigenvalue weighted by Crippen LogP contribution is 2.24. The molecule has 0 aliphatic heterocycles. The van der Waals surface area contributed by atoms with Crippen molar-refractivity contribution in [2.24, 2.45) is 0 Å². The third-order valence-electron chi connectivity index (χ3n) is 6.46. The van der Waals surface area contributed by atoms with E-state index in [9.17, 15) is 23.4 Å². The number of carbonyl (C=O) groups is 1. The van der Waals surface area contributed by atoms with E-state index in [1.54, 1.807) is 22.8 Å². The van der Waals surface area contributed by atoms with Gasteiger partial charge in [-0.3, -0.25) is 0 Å². The van der Waals surface area contributed by atoms with Crippen LogP contribution in [0.25, 0.3) is 10.9 Å². The summed E-state index contributed by atoms with van der Waals surface area (Å²) in [4.78, 5) is 12.2. The molecule has 1 heterocycles. The summed E-state index contributed by atoms with van der Waals surface area (Å²) in [6, 6.07) is 21.6. The van der Waals surface area contributed by atoms with Crippen LogP contribution in [0.3, 0.4) is 0 Å². The second-order valence-electron chi connectivity index (χ2n) is 9.25. The molecule has 0 aliphatic carbocycles. The Balaban J connectivity index is 1.48. The number of sulfonamides is 1. The van der Waals surface area contributed by atoms with Crippen LogP contribution in [-0.2, 0) is 23.0 Å². The molecule has 200 valence electrons. The third kappa shape index (κ3) is 6.51. The predicted molar refractivity (Wildman–Crippen MR) is 151 cm³/mol. The number of aromatic nitrogens is 1. The van der Waals surface area contributed by atoms with Crippen molar-refractivity contribution in [3.63, 3.8) is 0 Å². The Labute approximate surface area is 230 Å². The lowest BCUT2D eigenvalue weighted by atomic mass is 10.0. The Hall–Kier alpha value is -3.02. The van der Waals surface area contributed by atoms with Gasteiger partial charge in [0.2, 0.25) is 10.0 Å². The number of nitrogens with zero attached hydrogens (tertiary/aromatic N) is 1. The molecule has 0 saturated heterocycles. The van der Waals surface area contributed by atoms with Crippen molar-refractivity contribution in [1.82, 2.24) is 14.6 Å². The van der Waals surface area contributed by atoms with E-state index in [-0.39, 0.29) is 23.2 Å². The Bertz CT molecular complexity index is 1550. The van der Waals surface area contributed by atoms with Gasteiger partial charge in [-0.1, -0.05) is 46.3 Å². The topological polar surface area (TPSA) is 121 Å². The van der Waals surface area contributed by atoms with Gasteiger partial charge in [-0.2, -0.15) is 0 Å². The molecular formula is C28H30BrN3O5S. The second kappa shape index (κ2) is 11.8. The number of hydrogen-bond donors (Lipinski definition) is 4. The summed E-state index contributed by atoms with van der Waals surface area (Å²) >= 11 is 3.43. The molecule has 0 amide bonds. The second-order valence-corrected chi connectivity index (χ2v) is 12.1. The summed E-state index contributed by atoms with van der Waals surface area (Å²) in [5.41, 5.74) is 3.61. The number of carboxylic acid groups (broad SMARTS) is 1. The van der Waals surface area contributed by atoms with Crippen molar-refractivity contribution in [1.29, 1.82) is 0 Å². The number of carboxylic acids is 1. The summed E-state index contributed by atoms with van der Waals surface area (Å²) in [6.45, 7) is 2.74. The molecule has 0 aliphatic rings. The third-order valence-corrected chi connectivity index (χ3v) is 8.39. The highest BCUT2D eigenvalue weighted by Gasteiger charge is 2.17. The number of fused-ring (bicyclic) bond motifs is 1. The van der Waals surface area contributed by atoms with Gasteiger partial charge in [-0.05, 0) is 79.5 Å². The minimum atomic E-state index is -3.54. The monoisotopic (exact) mass is 599 g/mol. The van der Waals surface area contributed by atoms with Gasteiger partial charge >= 0.3 is 5.97 Å². The van der Waals surface area contributed by atoms with Crippen molar-refractivity contribution < 1.29 is 23.4 Å². The van der Waals surface area contributed by atoms with E-state index in [1.165, 1.54) is 19.2 Å². The molecule has 10 heteroatoms. The average Bonchev–Trinajstić information content (AvgIpc) is 3.25. The maximum absolute atomic E-state index is 12.0.